The smallest absolute Gasteiger partial charge is 0.00409 e. The van der Waals surface area contributed by atoms with Gasteiger partial charge in [-0.2, -0.15) is 0 Å². The zero-order chi connectivity index (χ0) is 11.9. The summed E-state index contributed by atoms with van der Waals surface area (Å²) in [6, 6.07) is 9.23. The molecule has 1 aromatic carbocycles. The van der Waals surface area contributed by atoms with Crippen LogP contribution in [0.25, 0.3) is 0 Å². The van der Waals surface area contributed by atoms with Gasteiger partial charge in [-0.05, 0) is 66.9 Å². The fourth-order valence-corrected chi connectivity index (χ4v) is 3.72. The summed E-state index contributed by atoms with van der Waals surface area (Å²) in [4.78, 5) is 0. The van der Waals surface area contributed by atoms with Gasteiger partial charge in [0.15, 0.2) is 0 Å². The van der Waals surface area contributed by atoms with Crippen molar-refractivity contribution in [1.82, 2.24) is 0 Å². The Labute approximate surface area is 105 Å². The molecule has 1 fully saturated rings. The van der Waals surface area contributed by atoms with Gasteiger partial charge in [0.25, 0.3) is 0 Å². The first kappa shape index (κ1) is 11.3. The molecule has 1 unspecified atom stereocenters. The van der Waals surface area contributed by atoms with Crippen molar-refractivity contribution in [3.05, 3.63) is 35.4 Å². The number of hydrogen-bond donors (Lipinski definition) is 0. The first-order chi connectivity index (χ1) is 8.21. The second-order valence-corrected chi connectivity index (χ2v) is 6.54. The van der Waals surface area contributed by atoms with Crippen molar-refractivity contribution < 1.29 is 0 Å². The third-order valence-corrected chi connectivity index (χ3v) is 5.06. The van der Waals surface area contributed by atoms with E-state index in [0.717, 1.165) is 11.8 Å². The summed E-state index contributed by atoms with van der Waals surface area (Å²) < 4.78 is 0. The predicted octanol–water partition coefficient (Wildman–Crippen LogP) is 4.72. The molecule has 2 aliphatic carbocycles. The molecule has 0 radical (unpaired) electrons. The highest BCUT2D eigenvalue weighted by Gasteiger charge is 2.47. The van der Waals surface area contributed by atoms with Gasteiger partial charge in [0.05, 0.1) is 0 Å². The summed E-state index contributed by atoms with van der Waals surface area (Å²) in [5, 5.41) is 0. The Hall–Kier alpha value is -0.780. The maximum atomic E-state index is 2.41. The second-order valence-electron chi connectivity index (χ2n) is 6.54. The van der Waals surface area contributed by atoms with E-state index in [0.29, 0.717) is 5.41 Å². The maximum Gasteiger partial charge on any atom is -0.00409 e. The van der Waals surface area contributed by atoms with Crippen LogP contribution in [0.2, 0.25) is 0 Å². The molecule has 2 aliphatic rings. The van der Waals surface area contributed by atoms with Crippen molar-refractivity contribution in [2.45, 2.75) is 57.8 Å². The van der Waals surface area contributed by atoms with Crippen LogP contribution in [0.1, 0.15) is 57.1 Å². The number of rotatable bonds is 1. The Balaban J connectivity index is 1.94. The van der Waals surface area contributed by atoms with Gasteiger partial charge in [-0.3, -0.25) is 0 Å². The van der Waals surface area contributed by atoms with Crippen molar-refractivity contribution in [2.75, 3.05) is 0 Å². The molecule has 1 aromatic rings. The normalized spacial score (nSPS) is 26.4. The minimum Gasteiger partial charge on any atom is -0.0625 e. The maximum absolute atomic E-state index is 2.41. The van der Waals surface area contributed by atoms with Crippen molar-refractivity contribution in [1.29, 1.82) is 0 Å². The van der Waals surface area contributed by atoms with Crippen LogP contribution >= 0.6 is 0 Å². The van der Waals surface area contributed by atoms with Gasteiger partial charge in [-0.15, -0.1) is 0 Å². The molecule has 1 spiro atoms. The minimum atomic E-state index is 0.589. The molecule has 0 amide bonds. The summed E-state index contributed by atoms with van der Waals surface area (Å²) in [5.41, 5.74) is 3.93. The van der Waals surface area contributed by atoms with Gasteiger partial charge in [0.2, 0.25) is 0 Å². The highest BCUT2D eigenvalue weighted by atomic mass is 14.5. The van der Waals surface area contributed by atoms with E-state index in [-0.39, 0.29) is 0 Å². The van der Waals surface area contributed by atoms with Gasteiger partial charge in [0, 0.05) is 0 Å². The van der Waals surface area contributed by atoms with Gasteiger partial charge in [-0.25, -0.2) is 0 Å². The lowest BCUT2D eigenvalue weighted by molar-refractivity contribution is 0.291. The van der Waals surface area contributed by atoms with Crippen LogP contribution in [0, 0.1) is 11.8 Å². The van der Waals surface area contributed by atoms with E-state index >= 15 is 0 Å². The van der Waals surface area contributed by atoms with Crippen LogP contribution in [0.4, 0.5) is 0 Å². The van der Waals surface area contributed by atoms with E-state index in [2.05, 4.69) is 38.1 Å². The molecule has 1 saturated carbocycles. The van der Waals surface area contributed by atoms with Gasteiger partial charge in [-0.1, -0.05) is 38.1 Å². The summed E-state index contributed by atoms with van der Waals surface area (Å²) in [7, 11) is 0. The van der Waals surface area contributed by atoms with Crippen LogP contribution in [0.5, 0.6) is 0 Å². The standard InChI is InChI=1S/C17H24/c1-13(2)15-8-5-7-14-6-3-4-9-16(14)17(12-15)10-11-17/h3-4,6,9,13,15H,5,7-8,10-12H2,1-2H3. The highest BCUT2D eigenvalue weighted by molar-refractivity contribution is 5.39. The summed E-state index contributed by atoms with van der Waals surface area (Å²) >= 11 is 0. The number of hydrogen-bond acceptors (Lipinski definition) is 0. The lowest BCUT2D eigenvalue weighted by Gasteiger charge is -2.30. The Kier molecular flexibility index (Phi) is 2.77. The van der Waals surface area contributed by atoms with Crippen LogP contribution < -0.4 is 0 Å². The Morgan fingerprint density at radius 2 is 1.94 bits per heavy atom. The molecule has 0 aliphatic heterocycles. The zero-order valence-corrected chi connectivity index (χ0v) is 11.2. The topological polar surface area (TPSA) is 0 Å². The van der Waals surface area contributed by atoms with Crippen LogP contribution in [0.15, 0.2) is 24.3 Å². The van der Waals surface area contributed by atoms with Gasteiger partial charge >= 0.3 is 0 Å². The van der Waals surface area contributed by atoms with E-state index in [1.54, 1.807) is 11.1 Å². The van der Waals surface area contributed by atoms with Gasteiger partial charge in [0.1, 0.15) is 0 Å². The van der Waals surface area contributed by atoms with E-state index in [1.807, 2.05) is 0 Å². The molecule has 0 heterocycles. The third-order valence-electron chi connectivity index (χ3n) is 5.06. The van der Waals surface area contributed by atoms with E-state index < -0.39 is 0 Å². The van der Waals surface area contributed by atoms with Crippen molar-refractivity contribution in [3.63, 3.8) is 0 Å². The van der Waals surface area contributed by atoms with E-state index in [1.165, 1.54) is 38.5 Å². The molecule has 17 heavy (non-hydrogen) atoms. The first-order valence-corrected chi connectivity index (χ1v) is 7.30. The average Bonchev–Trinajstić information content (AvgIpc) is 3.07. The van der Waals surface area contributed by atoms with Crippen molar-refractivity contribution >= 4 is 0 Å². The zero-order valence-electron chi connectivity index (χ0n) is 11.2. The largest absolute Gasteiger partial charge is 0.0625 e. The summed E-state index contributed by atoms with van der Waals surface area (Å²) in [6.45, 7) is 4.82. The molecule has 0 heteroatoms. The summed E-state index contributed by atoms with van der Waals surface area (Å²) in [6.07, 6.45) is 8.45. The Morgan fingerprint density at radius 3 is 2.65 bits per heavy atom. The number of benzene rings is 1. The molecular weight excluding hydrogens is 204 g/mol. The highest BCUT2D eigenvalue weighted by Crippen LogP contribution is 2.55. The molecule has 0 nitrogen and oxygen atoms in total. The van der Waals surface area contributed by atoms with Crippen LogP contribution in [-0.4, -0.2) is 0 Å². The SMILES string of the molecule is CC(C)C1CCCc2ccccc2C2(CC2)C1. The Morgan fingerprint density at radius 1 is 1.18 bits per heavy atom. The quantitative estimate of drug-likeness (QED) is 0.652. The van der Waals surface area contributed by atoms with Crippen molar-refractivity contribution in [2.24, 2.45) is 11.8 Å². The van der Waals surface area contributed by atoms with Crippen LogP contribution in [0.3, 0.4) is 0 Å². The lowest BCUT2D eigenvalue weighted by atomic mass is 9.74. The molecule has 92 valence electrons. The fraction of sp³-hybridized carbons (Fsp3) is 0.647. The van der Waals surface area contributed by atoms with Crippen molar-refractivity contribution in [3.8, 4) is 0 Å². The molecule has 0 bridgehead atoms. The predicted molar refractivity (Wildman–Crippen MR) is 73.2 cm³/mol. The molecule has 0 saturated heterocycles. The Bertz CT molecular complexity index is 398. The van der Waals surface area contributed by atoms with Crippen LogP contribution in [-0.2, 0) is 11.8 Å². The van der Waals surface area contributed by atoms with E-state index in [4.69, 9.17) is 0 Å². The molecule has 0 N–H and O–H groups in total. The summed E-state index contributed by atoms with van der Waals surface area (Å²) in [5.74, 6) is 1.81. The molecule has 3 rings (SSSR count). The average molecular weight is 228 g/mol. The monoisotopic (exact) mass is 228 g/mol. The molecule has 1 atom stereocenters. The minimum absolute atomic E-state index is 0.589. The number of fused-ring (bicyclic) bond motifs is 2. The third kappa shape index (κ3) is 2.03. The number of aryl methyl sites for hydroxylation is 1. The second kappa shape index (κ2) is 4.15. The molecular formula is C17H24. The van der Waals surface area contributed by atoms with E-state index in [9.17, 15) is 0 Å². The fourth-order valence-electron chi connectivity index (χ4n) is 3.72. The van der Waals surface area contributed by atoms with Gasteiger partial charge < -0.3 is 0 Å². The lowest BCUT2D eigenvalue weighted by Crippen LogP contribution is -2.21. The first-order valence-electron chi connectivity index (χ1n) is 7.30. The molecule has 0 aromatic heterocycles.